The van der Waals surface area contributed by atoms with Gasteiger partial charge < -0.3 is 16.8 Å². The normalized spacial score (nSPS) is 12.7. The van der Waals surface area contributed by atoms with Crippen LogP contribution < -0.4 is 22.2 Å². The van der Waals surface area contributed by atoms with E-state index in [9.17, 15) is 13.2 Å². The number of hydrogen-bond acceptors (Lipinski definition) is 4. The third-order valence-corrected chi connectivity index (χ3v) is 4.19. The van der Waals surface area contributed by atoms with Crippen LogP contribution in [0.4, 0.5) is 18.9 Å². The molecule has 0 bridgehead atoms. The largest absolute Gasteiger partial charge is 0.417 e. The van der Waals surface area contributed by atoms with Gasteiger partial charge in [-0.05, 0) is 24.1 Å². The first kappa shape index (κ1) is 23.2. The summed E-state index contributed by atoms with van der Waals surface area (Å²) in [7, 11) is 0. The second kappa shape index (κ2) is 11.2. The molecule has 2 aromatic rings. The Hall–Kier alpha value is -3.07. The number of anilines is 1. The summed E-state index contributed by atoms with van der Waals surface area (Å²) < 4.78 is 39.7. The molecule has 6 N–H and O–H groups in total. The zero-order chi connectivity index (χ0) is 22.0. The monoisotopic (exact) mass is 420 g/mol. The fraction of sp³-hybridized carbons (Fsp3) is 0.333. The van der Waals surface area contributed by atoms with E-state index >= 15 is 0 Å². The zero-order valence-corrected chi connectivity index (χ0v) is 16.8. The van der Waals surface area contributed by atoms with Gasteiger partial charge in [-0.2, -0.15) is 18.3 Å². The van der Waals surface area contributed by atoms with Crippen LogP contribution in [0.15, 0.2) is 58.6 Å². The molecule has 162 valence electrons. The van der Waals surface area contributed by atoms with E-state index < -0.39 is 11.7 Å². The van der Waals surface area contributed by atoms with E-state index in [-0.39, 0.29) is 11.4 Å². The molecule has 0 aliphatic carbocycles. The van der Waals surface area contributed by atoms with Crippen LogP contribution >= 0.6 is 0 Å². The van der Waals surface area contributed by atoms with Crippen molar-refractivity contribution in [3.63, 3.8) is 0 Å². The van der Waals surface area contributed by atoms with Gasteiger partial charge in [0.1, 0.15) is 5.84 Å². The number of alkyl halides is 3. The van der Waals surface area contributed by atoms with Gasteiger partial charge in [-0.1, -0.05) is 43.3 Å². The van der Waals surface area contributed by atoms with Gasteiger partial charge in [0.05, 0.1) is 12.1 Å². The van der Waals surface area contributed by atoms with Crippen molar-refractivity contribution < 1.29 is 13.2 Å². The second-order valence-electron chi connectivity index (χ2n) is 6.53. The van der Waals surface area contributed by atoms with Gasteiger partial charge in [-0.15, -0.1) is 0 Å². The van der Waals surface area contributed by atoms with Crippen LogP contribution in [0, 0.1) is 0 Å². The lowest BCUT2D eigenvalue weighted by Gasteiger charge is -2.14. The smallest absolute Gasteiger partial charge is 0.385 e. The molecular weight excluding hydrogens is 393 g/mol. The molecule has 0 heterocycles. The quantitative estimate of drug-likeness (QED) is 0.284. The lowest BCUT2D eigenvalue weighted by atomic mass is 10.1. The zero-order valence-electron chi connectivity index (χ0n) is 16.8. The molecule has 0 aliphatic heterocycles. The highest BCUT2D eigenvalue weighted by molar-refractivity contribution is 6.00. The Morgan fingerprint density at radius 1 is 1.07 bits per heavy atom. The summed E-state index contributed by atoms with van der Waals surface area (Å²) in [5, 5.41) is 7.31. The minimum atomic E-state index is -4.53. The SMILES string of the molecule is CCCNc1ccccc1CC(=NCCN)N/N=C(\N)c1ccccc1C(F)(F)F. The van der Waals surface area contributed by atoms with Gasteiger partial charge in [-0.25, -0.2) is 0 Å². The Morgan fingerprint density at radius 2 is 1.77 bits per heavy atom. The van der Waals surface area contributed by atoms with E-state index in [1.807, 2.05) is 24.3 Å². The molecular formula is C21H27F3N6. The van der Waals surface area contributed by atoms with E-state index in [4.69, 9.17) is 11.5 Å². The third kappa shape index (κ3) is 6.77. The number of rotatable bonds is 9. The maximum absolute atomic E-state index is 13.2. The molecule has 0 saturated heterocycles. The van der Waals surface area contributed by atoms with Crippen LogP contribution in [-0.2, 0) is 12.6 Å². The van der Waals surface area contributed by atoms with Crippen LogP contribution in [0.25, 0.3) is 0 Å². The van der Waals surface area contributed by atoms with Gasteiger partial charge >= 0.3 is 6.18 Å². The number of benzene rings is 2. The fourth-order valence-corrected chi connectivity index (χ4v) is 2.76. The van der Waals surface area contributed by atoms with Gasteiger partial charge in [0.2, 0.25) is 0 Å². The molecule has 0 radical (unpaired) electrons. The van der Waals surface area contributed by atoms with Crippen LogP contribution in [-0.4, -0.2) is 31.3 Å². The number of nitrogens with two attached hydrogens (primary N) is 2. The molecule has 0 unspecified atom stereocenters. The highest BCUT2D eigenvalue weighted by Gasteiger charge is 2.33. The van der Waals surface area contributed by atoms with Crippen molar-refractivity contribution in [1.29, 1.82) is 0 Å². The first-order chi connectivity index (χ1) is 14.4. The topological polar surface area (TPSA) is 101 Å². The number of halogens is 3. The van der Waals surface area contributed by atoms with Gasteiger partial charge in [0.15, 0.2) is 5.84 Å². The standard InChI is InChI=1S/C21H27F3N6/c1-2-12-27-18-10-6-3-7-15(18)14-19(28-13-11-25)29-30-20(26)16-8-4-5-9-17(16)21(22,23)24/h3-10,27H,2,11-14,25H2,1H3,(H2,26,30)(H,28,29). The van der Waals surface area contributed by atoms with Crippen molar-refractivity contribution in [1.82, 2.24) is 5.43 Å². The summed E-state index contributed by atoms with van der Waals surface area (Å²) >= 11 is 0. The van der Waals surface area contributed by atoms with Crippen molar-refractivity contribution in [2.45, 2.75) is 25.9 Å². The summed E-state index contributed by atoms with van der Waals surface area (Å²) in [6, 6.07) is 12.8. The Bertz CT molecular complexity index is 877. The van der Waals surface area contributed by atoms with Crippen molar-refractivity contribution in [3.8, 4) is 0 Å². The number of amidine groups is 2. The van der Waals surface area contributed by atoms with Crippen LogP contribution in [0.3, 0.4) is 0 Å². The Kier molecular flexibility index (Phi) is 8.67. The first-order valence-electron chi connectivity index (χ1n) is 9.67. The Labute approximate surface area is 174 Å². The van der Waals surface area contributed by atoms with E-state index in [0.29, 0.717) is 25.3 Å². The van der Waals surface area contributed by atoms with Crippen LogP contribution in [0.5, 0.6) is 0 Å². The van der Waals surface area contributed by atoms with Crippen molar-refractivity contribution in [2.24, 2.45) is 21.6 Å². The van der Waals surface area contributed by atoms with Crippen molar-refractivity contribution in [3.05, 3.63) is 65.2 Å². The number of nitrogens with zero attached hydrogens (tertiary/aromatic N) is 2. The predicted molar refractivity (Wildman–Crippen MR) is 116 cm³/mol. The summed E-state index contributed by atoms with van der Waals surface area (Å²) in [5.41, 5.74) is 15.0. The fourth-order valence-electron chi connectivity index (χ4n) is 2.76. The van der Waals surface area contributed by atoms with E-state index in [1.165, 1.54) is 18.2 Å². The molecule has 2 rings (SSSR count). The molecule has 6 nitrogen and oxygen atoms in total. The molecule has 2 aromatic carbocycles. The van der Waals surface area contributed by atoms with Gasteiger partial charge in [-0.3, -0.25) is 10.4 Å². The minimum absolute atomic E-state index is 0.194. The Balaban J connectivity index is 2.25. The number of aliphatic imine (C=N–C) groups is 1. The molecule has 0 amide bonds. The van der Waals surface area contributed by atoms with E-state index in [1.54, 1.807) is 0 Å². The van der Waals surface area contributed by atoms with Crippen molar-refractivity contribution >= 4 is 17.4 Å². The maximum Gasteiger partial charge on any atom is 0.417 e. The molecule has 0 saturated carbocycles. The highest BCUT2D eigenvalue weighted by atomic mass is 19.4. The lowest BCUT2D eigenvalue weighted by molar-refractivity contribution is -0.137. The summed E-state index contributed by atoms with van der Waals surface area (Å²) in [4.78, 5) is 4.36. The Morgan fingerprint density at radius 3 is 2.47 bits per heavy atom. The first-order valence-corrected chi connectivity index (χ1v) is 9.67. The third-order valence-electron chi connectivity index (χ3n) is 4.19. The lowest BCUT2D eigenvalue weighted by Crippen LogP contribution is -2.28. The summed E-state index contributed by atoms with van der Waals surface area (Å²) in [6.45, 7) is 3.57. The van der Waals surface area contributed by atoms with Crippen molar-refractivity contribution in [2.75, 3.05) is 25.0 Å². The number of hydrogen-bond donors (Lipinski definition) is 4. The van der Waals surface area contributed by atoms with E-state index in [2.05, 4.69) is 27.8 Å². The van der Waals surface area contributed by atoms with Crippen LogP contribution in [0.2, 0.25) is 0 Å². The van der Waals surface area contributed by atoms with Crippen LogP contribution in [0.1, 0.15) is 30.0 Å². The second-order valence-corrected chi connectivity index (χ2v) is 6.53. The molecule has 0 atom stereocenters. The molecule has 9 heteroatoms. The van der Waals surface area contributed by atoms with Gasteiger partial charge in [0.25, 0.3) is 0 Å². The molecule has 0 fully saturated rings. The molecule has 0 spiro atoms. The average Bonchev–Trinajstić information content (AvgIpc) is 2.74. The number of hydrazone groups is 1. The summed E-state index contributed by atoms with van der Waals surface area (Å²) in [5.74, 6) is 0.180. The number of nitrogens with one attached hydrogen (secondary N) is 2. The average molecular weight is 420 g/mol. The minimum Gasteiger partial charge on any atom is -0.385 e. The van der Waals surface area contributed by atoms with Gasteiger partial charge in [0, 0.05) is 30.8 Å². The number of para-hydroxylation sites is 1. The highest BCUT2D eigenvalue weighted by Crippen LogP contribution is 2.31. The molecule has 0 aliphatic rings. The molecule has 0 aromatic heterocycles. The molecule has 30 heavy (non-hydrogen) atoms. The van der Waals surface area contributed by atoms with E-state index in [0.717, 1.165) is 30.3 Å². The maximum atomic E-state index is 13.2. The predicted octanol–water partition coefficient (Wildman–Crippen LogP) is 3.34. The summed E-state index contributed by atoms with van der Waals surface area (Å²) in [6.07, 6.45) is -3.16.